The predicted molar refractivity (Wildman–Crippen MR) is 126 cm³/mol. The molecule has 32 heavy (non-hydrogen) atoms. The Morgan fingerprint density at radius 3 is 2.41 bits per heavy atom. The van der Waals surface area contributed by atoms with Crippen LogP contribution in [-0.2, 0) is 4.79 Å². The van der Waals surface area contributed by atoms with E-state index in [4.69, 9.17) is 11.5 Å². The second-order valence-corrected chi connectivity index (χ2v) is 9.60. The molecular formula is C22H31N7O2S. The molecule has 0 bridgehead atoms. The molecule has 1 aromatic heterocycles. The minimum Gasteiger partial charge on any atom is -0.365 e. The summed E-state index contributed by atoms with van der Waals surface area (Å²) in [7, 11) is 0. The van der Waals surface area contributed by atoms with Gasteiger partial charge in [-0.05, 0) is 49.1 Å². The molecule has 0 spiro atoms. The molecule has 1 saturated carbocycles. The standard InChI is InChI=1S/C22H31N7O2S/c1-15(30)27-10-12-28(13-11-27)32-17-8-6-16(7-9-17)25-22-18(21(24)31)14-29(26-22)20-5-3-2-4-19(20)23/h6-9,14,19-20H,2-5,10-13,23H2,1H3,(H2,24,31)(H,25,26). The minimum absolute atomic E-state index is 0.0332. The summed E-state index contributed by atoms with van der Waals surface area (Å²) in [5.41, 5.74) is 13.1. The maximum Gasteiger partial charge on any atom is 0.254 e. The van der Waals surface area contributed by atoms with Crippen molar-refractivity contribution in [2.45, 2.75) is 49.6 Å². The number of rotatable bonds is 6. The molecule has 2 aliphatic rings. The second-order valence-electron chi connectivity index (χ2n) is 8.43. The van der Waals surface area contributed by atoms with Crippen LogP contribution in [0.4, 0.5) is 11.5 Å². The Balaban J connectivity index is 1.41. The van der Waals surface area contributed by atoms with Crippen LogP contribution in [0, 0.1) is 0 Å². The van der Waals surface area contributed by atoms with E-state index in [2.05, 4.69) is 14.7 Å². The molecule has 2 atom stereocenters. The molecule has 1 saturated heterocycles. The van der Waals surface area contributed by atoms with E-state index in [0.29, 0.717) is 11.4 Å². The number of anilines is 2. The van der Waals surface area contributed by atoms with Crippen LogP contribution in [0.25, 0.3) is 0 Å². The number of carbonyl (C=O) groups excluding carboxylic acids is 2. The van der Waals surface area contributed by atoms with Gasteiger partial charge < -0.3 is 21.7 Å². The Morgan fingerprint density at radius 1 is 1.09 bits per heavy atom. The van der Waals surface area contributed by atoms with E-state index >= 15 is 0 Å². The molecule has 1 aliphatic carbocycles. The molecule has 9 nitrogen and oxygen atoms in total. The average molecular weight is 458 g/mol. The molecule has 2 aromatic rings. The van der Waals surface area contributed by atoms with Crippen molar-refractivity contribution in [3.8, 4) is 0 Å². The molecule has 2 amide bonds. The van der Waals surface area contributed by atoms with Crippen molar-refractivity contribution >= 4 is 35.3 Å². The van der Waals surface area contributed by atoms with Gasteiger partial charge in [-0.25, -0.2) is 4.31 Å². The smallest absolute Gasteiger partial charge is 0.254 e. The van der Waals surface area contributed by atoms with E-state index in [1.807, 2.05) is 29.2 Å². The van der Waals surface area contributed by atoms with E-state index in [1.165, 1.54) is 0 Å². The van der Waals surface area contributed by atoms with Crippen molar-refractivity contribution in [3.05, 3.63) is 36.0 Å². The third-order valence-electron chi connectivity index (χ3n) is 6.15. The highest BCUT2D eigenvalue weighted by Gasteiger charge is 2.26. The van der Waals surface area contributed by atoms with E-state index in [0.717, 1.165) is 62.4 Å². The maximum atomic E-state index is 12.0. The largest absolute Gasteiger partial charge is 0.365 e. The van der Waals surface area contributed by atoms with Crippen molar-refractivity contribution in [2.24, 2.45) is 11.5 Å². The summed E-state index contributed by atoms with van der Waals surface area (Å²) in [5.74, 6) is 0.0735. The van der Waals surface area contributed by atoms with Crippen LogP contribution >= 0.6 is 11.9 Å². The van der Waals surface area contributed by atoms with Crippen molar-refractivity contribution in [1.82, 2.24) is 19.0 Å². The number of nitrogens with one attached hydrogen (secondary N) is 1. The zero-order valence-electron chi connectivity index (χ0n) is 18.4. The fourth-order valence-corrected chi connectivity index (χ4v) is 5.18. The quantitative estimate of drug-likeness (QED) is 0.569. The SMILES string of the molecule is CC(=O)N1CCN(Sc2ccc(Nc3nn(C4CCCCC4N)cc3C(N)=O)cc2)CC1. The van der Waals surface area contributed by atoms with E-state index in [9.17, 15) is 9.59 Å². The summed E-state index contributed by atoms with van der Waals surface area (Å²) < 4.78 is 4.07. The van der Waals surface area contributed by atoms with Crippen molar-refractivity contribution in [3.63, 3.8) is 0 Å². The van der Waals surface area contributed by atoms with E-state index in [1.54, 1.807) is 29.8 Å². The molecule has 2 heterocycles. The highest BCUT2D eigenvalue weighted by Crippen LogP contribution is 2.30. The molecule has 1 aromatic carbocycles. The monoisotopic (exact) mass is 457 g/mol. The van der Waals surface area contributed by atoms with Crippen LogP contribution < -0.4 is 16.8 Å². The molecule has 10 heteroatoms. The third kappa shape index (κ3) is 5.25. The van der Waals surface area contributed by atoms with Crippen LogP contribution in [0.5, 0.6) is 0 Å². The Hall–Kier alpha value is -2.56. The molecule has 5 N–H and O–H groups in total. The van der Waals surface area contributed by atoms with E-state index in [-0.39, 0.29) is 18.0 Å². The lowest BCUT2D eigenvalue weighted by Gasteiger charge is -2.33. The predicted octanol–water partition coefficient (Wildman–Crippen LogP) is 2.34. The summed E-state index contributed by atoms with van der Waals surface area (Å²) >= 11 is 1.68. The van der Waals surface area contributed by atoms with Crippen molar-refractivity contribution < 1.29 is 9.59 Å². The van der Waals surface area contributed by atoms with Crippen LogP contribution in [0.15, 0.2) is 35.4 Å². The third-order valence-corrected chi connectivity index (χ3v) is 7.26. The number of amides is 2. The fourth-order valence-electron chi connectivity index (χ4n) is 4.28. The van der Waals surface area contributed by atoms with E-state index < -0.39 is 5.91 Å². The lowest BCUT2D eigenvalue weighted by molar-refractivity contribution is -0.129. The summed E-state index contributed by atoms with van der Waals surface area (Å²) in [6.07, 6.45) is 5.86. The highest BCUT2D eigenvalue weighted by atomic mass is 32.2. The van der Waals surface area contributed by atoms with Gasteiger partial charge in [-0.2, -0.15) is 5.10 Å². The normalized spacial score (nSPS) is 22.0. The van der Waals surface area contributed by atoms with Gasteiger partial charge in [0, 0.05) is 55.9 Å². The number of primary amides is 1. The fraction of sp³-hybridized carbons (Fsp3) is 0.500. The van der Waals surface area contributed by atoms with Crippen LogP contribution in [0.2, 0.25) is 0 Å². The zero-order chi connectivity index (χ0) is 22.7. The van der Waals surface area contributed by atoms with Gasteiger partial charge in [-0.3, -0.25) is 14.3 Å². The topological polar surface area (TPSA) is 123 Å². The average Bonchev–Trinajstić information content (AvgIpc) is 3.19. The highest BCUT2D eigenvalue weighted by molar-refractivity contribution is 7.97. The molecule has 4 rings (SSSR count). The van der Waals surface area contributed by atoms with Crippen molar-refractivity contribution in [1.29, 1.82) is 0 Å². The minimum atomic E-state index is -0.514. The first-order valence-electron chi connectivity index (χ1n) is 11.1. The lowest BCUT2D eigenvalue weighted by Crippen LogP contribution is -2.45. The van der Waals surface area contributed by atoms with Crippen molar-refractivity contribution in [2.75, 3.05) is 31.5 Å². The van der Waals surface area contributed by atoms with Gasteiger partial charge in [0.05, 0.1) is 6.04 Å². The summed E-state index contributed by atoms with van der Waals surface area (Å²) in [4.78, 5) is 26.5. The number of carbonyl (C=O) groups is 2. The number of hydrogen-bond acceptors (Lipinski definition) is 7. The molecule has 0 radical (unpaired) electrons. The molecule has 2 unspecified atom stereocenters. The Bertz CT molecular complexity index is 954. The van der Waals surface area contributed by atoms with Gasteiger partial charge in [0.2, 0.25) is 5.91 Å². The lowest BCUT2D eigenvalue weighted by atomic mass is 9.91. The molecule has 1 aliphatic heterocycles. The van der Waals surface area contributed by atoms with Crippen LogP contribution in [0.1, 0.15) is 49.0 Å². The molecule has 172 valence electrons. The first kappa shape index (κ1) is 22.6. The zero-order valence-corrected chi connectivity index (χ0v) is 19.2. The number of hydrogen-bond donors (Lipinski definition) is 3. The number of nitrogens with zero attached hydrogens (tertiary/aromatic N) is 4. The second kappa shape index (κ2) is 9.93. The number of nitrogens with two attached hydrogens (primary N) is 2. The summed E-state index contributed by atoms with van der Waals surface area (Å²) in [6.45, 7) is 4.81. The van der Waals surface area contributed by atoms with Gasteiger partial charge in [0.1, 0.15) is 5.56 Å². The number of benzene rings is 1. The first-order chi connectivity index (χ1) is 15.4. The van der Waals surface area contributed by atoms with Crippen LogP contribution in [0.3, 0.4) is 0 Å². The first-order valence-corrected chi connectivity index (χ1v) is 11.9. The molecular weight excluding hydrogens is 426 g/mol. The summed E-state index contributed by atoms with van der Waals surface area (Å²) in [6, 6.07) is 8.10. The van der Waals surface area contributed by atoms with Crippen LogP contribution in [-0.4, -0.2) is 63.0 Å². The number of piperazine rings is 1. The molecule has 2 fully saturated rings. The Morgan fingerprint density at radius 2 is 1.78 bits per heavy atom. The summed E-state index contributed by atoms with van der Waals surface area (Å²) in [5, 5.41) is 7.85. The Labute approximate surface area is 192 Å². The van der Waals surface area contributed by atoms with Gasteiger partial charge in [-0.15, -0.1) is 0 Å². The Kier molecular flexibility index (Phi) is 7.02. The maximum absolute atomic E-state index is 12.0. The number of aromatic nitrogens is 2. The van der Waals surface area contributed by atoms with Gasteiger partial charge in [0.15, 0.2) is 5.82 Å². The van der Waals surface area contributed by atoms with Gasteiger partial charge in [-0.1, -0.05) is 12.8 Å². The van der Waals surface area contributed by atoms with Gasteiger partial charge >= 0.3 is 0 Å². The van der Waals surface area contributed by atoms with Gasteiger partial charge in [0.25, 0.3) is 5.91 Å².